The zero-order valence-electron chi connectivity index (χ0n) is 10.8. The molecule has 1 atom stereocenters. The van der Waals surface area contributed by atoms with Crippen LogP contribution in [0.4, 0.5) is 5.82 Å². The van der Waals surface area contributed by atoms with Crippen LogP contribution in [0.5, 0.6) is 0 Å². The number of aliphatic hydroxyl groups is 1. The number of rotatable bonds is 7. The highest BCUT2D eigenvalue weighted by Crippen LogP contribution is 2.06. The molecular weight excluding hydrogens is 238 g/mol. The minimum absolute atomic E-state index is 0.159. The Morgan fingerprint density at radius 1 is 1.72 bits per heavy atom. The summed E-state index contributed by atoms with van der Waals surface area (Å²) in [4.78, 5) is 13.3. The number of carbonyl (C=O) groups excluding carboxylic acids is 1. The fourth-order valence-corrected chi connectivity index (χ4v) is 1.52. The van der Waals surface area contributed by atoms with Crippen LogP contribution in [0.25, 0.3) is 0 Å². The van der Waals surface area contributed by atoms with Gasteiger partial charge < -0.3 is 19.7 Å². The van der Waals surface area contributed by atoms with Crippen LogP contribution in [0, 0.1) is 6.92 Å². The van der Waals surface area contributed by atoms with Crippen LogP contribution in [0.2, 0.25) is 0 Å². The number of carbonyl (C=O) groups is 1. The summed E-state index contributed by atoms with van der Waals surface area (Å²) in [5, 5.41) is 15.8. The first-order valence-corrected chi connectivity index (χ1v) is 5.60. The summed E-state index contributed by atoms with van der Waals surface area (Å²) < 4.78 is 9.64. The van der Waals surface area contributed by atoms with Gasteiger partial charge in [0.1, 0.15) is 5.76 Å². The molecule has 1 unspecified atom stereocenters. The van der Waals surface area contributed by atoms with Gasteiger partial charge in [-0.25, -0.2) is 0 Å². The minimum atomic E-state index is -0.609. The summed E-state index contributed by atoms with van der Waals surface area (Å²) in [6.07, 6.45) is -0.609. The van der Waals surface area contributed by atoms with E-state index in [1.54, 1.807) is 24.9 Å². The van der Waals surface area contributed by atoms with E-state index in [0.717, 1.165) is 0 Å². The van der Waals surface area contributed by atoms with Gasteiger partial charge in [-0.3, -0.25) is 9.69 Å². The van der Waals surface area contributed by atoms with Crippen LogP contribution in [0.15, 0.2) is 10.6 Å². The van der Waals surface area contributed by atoms with Crippen molar-refractivity contribution >= 4 is 11.7 Å². The third kappa shape index (κ3) is 5.26. The molecule has 1 rings (SSSR count). The molecule has 0 aliphatic rings. The standard InChI is InChI=1S/C11H19N3O4/c1-8-4-10(13-18-8)12-11(16)6-14(2)5-9(15)7-17-3/h4,9,15H,5-7H2,1-3H3,(H,12,13,16). The van der Waals surface area contributed by atoms with Gasteiger partial charge in [-0.05, 0) is 14.0 Å². The van der Waals surface area contributed by atoms with Crippen molar-refractivity contribution in [1.82, 2.24) is 10.1 Å². The first-order valence-electron chi connectivity index (χ1n) is 5.60. The third-order valence-electron chi connectivity index (χ3n) is 2.19. The molecule has 0 saturated heterocycles. The van der Waals surface area contributed by atoms with Gasteiger partial charge in [0.15, 0.2) is 5.82 Å². The van der Waals surface area contributed by atoms with E-state index < -0.39 is 6.10 Å². The van der Waals surface area contributed by atoms with Crippen molar-refractivity contribution < 1.29 is 19.2 Å². The minimum Gasteiger partial charge on any atom is -0.389 e. The number of anilines is 1. The van der Waals surface area contributed by atoms with E-state index in [2.05, 4.69) is 10.5 Å². The molecule has 0 spiro atoms. The molecule has 0 saturated carbocycles. The number of nitrogens with one attached hydrogen (secondary N) is 1. The molecule has 7 heteroatoms. The molecule has 0 aliphatic heterocycles. The SMILES string of the molecule is COCC(O)CN(C)CC(=O)Nc1cc(C)on1. The molecule has 102 valence electrons. The number of hydrogen-bond acceptors (Lipinski definition) is 6. The summed E-state index contributed by atoms with van der Waals surface area (Å²) in [5.41, 5.74) is 0. The molecular formula is C11H19N3O4. The predicted octanol–water partition coefficient (Wildman–Crippen LogP) is -0.139. The van der Waals surface area contributed by atoms with Crippen molar-refractivity contribution in [3.63, 3.8) is 0 Å². The summed E-state index contributed by atoms with van der Waals surface area (Å²) in [5.74, 6) is 0.813. The van der Waals surface area contributed by atoms with Gasteiger partial charge in [0.2, 0.25) is 5.91 Å². The van der Waals surface area contributed by atoms with Crippen LogP contribution in [0.1, 0.15) is 5.76 Å². The molecule has 0 fully saturated rings. The molecule has 0 bridgehead atoms. The molecule has 7 nitrogen and oxygen atoms in total. The average molecular weight is 257 g/mol. The summed E-state index contributed by atoms with van der Waals surface area (Å²) in [6, 6.07) is 1.64. The van der Waals surface area contributed by atoms with Crippen molar-refractivity contribution in [2.24, 2.45) is 0 Å². The molecule has 1 heterocycles. The molecule has 0 aliphatic carbocycles. The summed E-state index contributed by atoms with van der Waals surface area (Å²) in [7, 11) is 3.26. The lowest BCUT2D eigenvalue weighted by Gasteiger charge is -2.19. The van der Waals surface area contributed by atoms with Gasteiger partial charge in [-0.2, -0.15) is 0 Å². The largest absolute Gasteiger partial charge is 0.389 e. The van der Waals surface area contributed by atoms with Gasteiger partial charge in [-0.1, -0.05) is 5.16 Å². The second kappa shape index (κ2) is 7.10. The van der Waals surface area contributed by atoms with Gasteiger partial charge in [0.25, 0.3) is 0 Å². The lowest BCUT2D eigenvalue weighted by atomic mass is 10.3. The van der Waals surface area contributed by atoms with Gasteiger partial charge >= 0.3 is 0 Å². The van der Waals surface area contributed by atoms with E-state index in [-0.39, 0.29) is 19.1 Å². The molecule has 1 aromatic heterocycles. The van der Waals surface area contributed by atoms with Crippen molar-refractivity contribution in [2.45, 2.75) is 13.0 Å². The lowest BCUT2D eigenvalue weighted by Crippen LogP contribution is -2.37. The number of aryl methyl sites for hydroxylation is 1. The Balaban J connectivity index is 2.31. The number of hydrogen-bond donors (Lipinski definition) is 2. The van der Waals surface area contributed by atoms with Crippen LogP contribution in [-0.2, 0) is 9.53 Å². The second-order valence-corrected chi connectivity index (χ2v) is 4.18. The Labute approximate surface area is 106 Å². The predicted molar refractivity (Wildman–Crippen MR) is 65.2 cm³/mol. The van der Waals surface area contributed by atoms with Crippen molar-refractivity contribution in [3.8, 4) is 0 Å². The van der Waals surface area contributed by atoms with E-state index in [0.29, 0.717) is 18.1 Å². The van der Waals surface area contributed by atoms with Gasteiger partial charge in [0, 0.05) is 19.7 Å². The lowest BCUT2D eigenvalue weighted by molar-refractivity contribution is -0.117. The van der Waals surface area contributed by atoms with E-state index in [1.807, 2.05) is 0 Å². The Morgan fingerprint density at radius 2 is 2.44 bits per heavy atom. The number of aromatic nitrogens is 1. The van der Waals surface area contributed by atoms with Crippen LogP contribution >= 0.6 is 0 Å². The average Bonchev–Trinajstić information content (AvgIpc) is 2.63. The summed E-state index contributed by atoms with van der Waals surface area (Å²) >= 11 is 0. The molecule has 18 heavy (non-hydrogen) atoms. The third-order valence-corrected chi connectivity index (χ3v) is 2.19. The number of nitrogens with zero attached hydrogens (tertiary/aromatic N) is 2. The first kappa shape index (κ1) is 14.6. The molecule has 2 N–H and O–H groups in total. The topological polar surface area (TPSA) is 87.8 Å². The number of aliphatic hydroxyl groups excluding tert-OH is 1. The highest BCUT2D eigenvalue weighted by molar-refractivity contribution is 5.91. The Bertz CT molecular complexity index is 380. The molecule has 1 aromatic rings. The van der Waals surface area contributed by atoms with Crippen LogP contribution < -0.4 is 5.32 Å². The maximum atomic E-state index is 11.6. The van der Waals surface area contributed by atoms with Gasteiger partial charge in [0.05, 0.1) is 19.3 Å². The zero-order valence-corrected chi connectivity index (χ0v) is 10.8. The maximum Gasteiger partial charge on any atom is 0.239 e. The normalized spacial score (nSPS) is 12.7. The highest BCUT2D eigenvalue weighted by Gasteiger charge is 2.12. The van der Waals surface area contributed by atoms with Gasteiger partial charge in [-0.15, -0.1) is 0 Å². The second-order valence-electron chi connectivity index (χ2n) is 4.18. The van der Waals surface area contributed by atoms with Crippen molar-refractivity contribution in [1.29, 1.82) is 0 Å². The Morgan fingerprint density at radius 3 is 3.00 bits per heavy atom. The summed E-state index contributed by atoms with van der Waals surface area (Å²) in [6.45, 7) is 2.51. The highest BCUT2D eigenvalue weighted by atomic mass is 16.5. The number of likely N-dealkylation sites (N-methyl/N-ethyl adjacent to an activating group) is 1. The van der Waals surface area contributed by atoms with Crippen LogP contribution in [-0.4, -0.2) is 61.0 Å². The molecule has 0 radical (unpaired) electrons. The van der Waals surface area contributed by atoms with E-state index >= 15 is 0 Å². The first-order chi connectivity index (χ1) is 8.51. The quantitative estimate of drug-likeness (QED) is 0.707. The molecule has 0 aromatic carbocycles. The Kier molecular flexibility index (Phi) is 5.76. The maximum absolute atomic E-state index is 11.6. The van der Waals surface area contributed by atoms with Crippen LogP contribution in [0.3, 0.4) is 0 Å². The number of amides is 1. The van der Waals surface area contributed by atoms with E-state index in [1.165, 1.54) is 7.11 Å². The molecule has 1 amide bonds. The number of ether oxygens (including phenoxy) is 1. The Hall–Kier alpha value is -1.44. The zero-order chi connectivity index (χ0) is 13.5. The van der Waals surface area contributed by atoms with Crippen molar-refractivity contribution in [3.05, 3.63) is 11.8 Å². The van der Waals surface area contributed by atoms with E-state index in [9.17, 15) is 9.90 Å². The van der Waals surface area contributed by atoms with Crippen molar-refractivity contribution in [2.75, 3.05) is 39.2 Å². The smallest absolute Gasteiger partial charge is 0.239 e. The van der Waals surface area contributed by atoms with E-state index in [4.69, 9.17) is 9.26 Å². The fourth-order valence-electron chi connectivity index (χ4n) is 1.52. The monoisotopic (exact) mass is 257 g/mol. The fraction of sp³-hybridized carbons (Fsp3) is 0.636. The number of methoxy groups -OCH3 is 1.